The molecule has 1 fully saturated rings. The van der Waals surface area contributed by atoms with Gasteiger partial charge in [0.2, 0.25) is 11.1 Å². The lowest BCUT2D eigenvalue weighted by Gasteiger charge is -2.10. The van der Waals surface area contributed by atoms with E-state index in [0.717, 1.165) is 41.5 Å². The third kappa shape index (κ3) is 3.32. The lowest BCUT2D eigenvalue weighted by molar-refractivity contribution is -0.119. The lowest BCUT2D eigenvalue weighted by atomic mass is 10.2. The minimum atomic E-state index is -0.0405. The number of aryl methyl sites for hydroxylation is 1. The Balaban J connectivity index is 1.44. The van der Waals surface area contributed by atoms with Crippen LogP contribution in [0.3, 0.4) is 0 Å². The van der Waals surface area contributed by atoms with Crippen LogP contribution in [0, 0.1) is 0 Å². The zero-order valence-electron chi connectivity index (χ0n) is 13.9. The van der Waals surface area contributed by atoms with Gasteiger partial charge < -0.3 is 14.6 Å². The Labute approximate surface area is 149 Å². The summed E-state index contributed by atoms with van der Waals surface area (Å²) in [5, 5.41) is 12.9. The SMILES string of the molecule is Cn1c2ccccc2c2nnc(SCC(=O)NCC3CCCO3)nc21. The van der Waals surface area contributed by atoms with Gasteiger partial charge in [-0.2, -0.15) is 0 Å². The molecule has 4 rings (SSSR count). The fourth-order valence-corrected chi connectivity index (χ4v) is 3.68. The van der Waals surface area contributed by atoms with Crippen molar-refractivity contribution in [1.82, 2.24) is 25.1 Å². The minimum Gasteiger partial charge on any atom is -0.376 e. The summed E-state index contributed by atoms with van der Waals surface area (Å²) in [6, 6.07) is 8.01. The Morgan fingerprint density at radius 1 is 1.40 bits per heavy atom. The smallest absolute Gasteiger partial charge is 0.230 e. The number of carbonyl (C=O) groups is 1. The van der Waals surface area contributed by atoms with Crippen LogP contribution in [0.25, 0.3) is 22.1 Å². The van der Waals surface area contributed by atoms with Gasteiger partial charge in [0.05, 0.1) is 17.4 Å². The zero-order chi connectivity index (χ0) is 17.2. The molecule has 1 amide bonds. The van der Waals surface area contributed by atoms with Crippen LogP contribution in [-0.2, 0) is 16.6 Å². The van der Waals surface area contributed by atoms with E-state index in [-0.39, 0.29) is 17.8 Å². The van der Waals surface area contributed by atoms with Crippen molar-refractivity contribution >= 4 is 39.7 Å². The molecule has 1 aliphatic rings. The van der Waals surface area contributed by atoms with Crippen molar-refractivity contribution in [1.29, 1.82) is 0 Å². The van der Waals surface area contributed by atoms with Crippen molar-refractivity contribution in [3.8, 4) is 0 Å². The molecule has 1 N–H and O–H groups in total. The summed E-state index contributed by atoms with van der Waals surface area (Å²) in [5.41, 5.74) is 2.62. The second-order valence-electron chi connectivity index (χ2n) is 6.07. The Morgan fingerprint density at radius 3 is 3.12 bits per heavy atom. The molecule has 3 aromatic rings. The summed E-state index contributed by atoms with van der Waals surface area (Å²) in [6.45, 7) is 1.36. The van der Waals surface area contributed by atoms with E-state index in [1.807, 2.05) is 35.9 Å². The standard InChI is InChI=1S/C17H19N5O2S/c1-22-13-7-3-2-6-12(13)15-16(22)19-17(21-20-15)25-10-14(23)18-9-11-5-4-8-24-11/h2-3,6-7,11H,4-5,8-10H2,1H3,(H,18,23). The van der Waals surface area contributed by atoms with Gasteiger partial charge in [-0.1, -0.05) is 30.0 Å². The Morgan fingerprint density at radius 2 is 2.28 bits per heavy atom. The molecule has 0 bridgehead atoms. The minimum absolute atomic E-state index is 0.0405. The molecule has 25 heavy (non-hydrogen) atoms. The van der Waals surface area contributed by atoms with E-state index in [4.69, 9.17) is 4.74 Å². The van der Waals surface area contributed by atoms with Crippen LogP contribution in [0.15, 0.2) is 29.4 Å². The molecule has 0 aliphatic carbocycles. The number of hydrogen-bond donors (Lipinski definition) is 1. The quantitative estimate of drug-likeness (QED) is 0.703. The number of para-hydroxylation sites is 1. The first kappa shape index (κ1) is 16.3. The topological polar surface area (TPSA) is 81.9 Å². The Bertz CT molecular complexity index is 920. The van der Waals surface area contributed by atoms with E-state index < -0.39 is 0 Å². The number of nitrogens with one attached hydrogen (secondary N) is 1. The van der Waals surface area contributed by atoms with Crippen molar-refractivity contribution < 1.29 is 9.53 Å². The molecule has 0 radical (unpaired) electrons. The molecular formula is C17H19N5O2S. The number of carbonyl (C=O) groups excluding carboxylic acids is 1. The normalized spacial score (nSPS) is 17.4. The van der Waals surface area contributed by atoms with Crippen LogP contribution in [0.4, 0.5) is 0 Å². The fraction of sp³-hybridized carbons (Fsp3) is 0.412. The summed E-state index contributed by atoms with van der Waals surface area (Å²) < 4.78 is 7.50. The second-order valence-corrected chi connectivity index (χ2v) is 7.01. The van der Waals surface area contributed by atoms with Crippen molar-refractivity contribution in [2.24, 2.45) is 7.05 Å². The molecule has 0 spiro atoms. The maximum Gasteiger partial charge on any atom is 0.230 e. The van der Waals surface area contributed by atoms with E-state index >= 15 is 0 Å². The molecule has 7 nitrogen and oxygen atoms in total. The highest BCUT2D eigenvalue weighted by Crippen LogP contribution is 2.25. The summed E-state index contributed by atoms with van der Waals surface area (Å²) >= 11 is 1.29. The molecule has 1 atom stereocenters. The average Bonchev–Trinajstić information content (AvgIpc) is 3.26. The highest BCUT2D eigenvalue weighted by molar-refractivity contribution is 7.99. The van der Waals surface area contributed by atoms with E-state index in [1.54, 1.807) is 0 Å². The number of thioether (sulfide) groups is 1. The summed E-state index contributed by atoms with van der Waals surface area (Å²) in [6.07, 6.45) is 2.23. The molecule has 0 saturated carbocycles. The zero-order valence-corrected chi connectivity index (χ0v) is 14.8. The van der Waals surface area contributed by atoms with Crippen LogP contribution >= 0.6 is 11.8 Å². The number of benzene rings is 1. The molecule has 3 heterocycles. The monoisotopic (exact) mass is 357 g/mol. The van der Waals surface area contributed by atoms with Gasteiger partial charge >= 0.3 is 0 Å². The van der Waals surface area contributed by atoms with E-state index in [1.165, 1.54) is 11.8 Å². The van der Waals surface area contributed by atoms with Gasteiger partial charge in [0, 0.05) is 25.6 Å². The average molecular weight is 357 g/mol. The van der Waals surface area contributed by atoms with Gasteiger partial charge in [0.15, 0.2) is 5.65 Å². The maximum absolute atomic E-state index is 12.0. The summed E-state index contributed by atoms with van der Waals surface area (Å²) in [5.74, 6) is 0.227. The predicted molar refractivity (Wildman–Crippen MR) is 96.5 cm³/mol. The molecule has 1 unspecified atom stereocenters. The van der Waals surface area contributed by atoms with Crippen molar-refractivity contribution in [2.45, 2.75) is 24.1 Å². The van der Waals surface area contributed by atoms with E-state index in [2.05, 4.69) is 20.5 Å². The third-order valence-corrected chi connectivity index (χ3v) is 5.21. The van der Waals surface area contributed by atoms with Crippen LogP contribution in [0.1, 0.15) is 12.8 Å². The first-order valence-electron chi connectivity index (χ1n) is 8.31. The highest BCUT2D eigenvalue weighted by atomic mass is 32.2. The number of amides is 1. The van der Waals surface area contributed by atoms with Gasteiger partial charge in [0.1, 0.15) is 5.52 Å². The van der Waals surface area contributed by atoms with E-state index in [0.29, 0.717) is 11.7 Å². The van der Waals surface area contributed by atoms with E-state index in [9.17, 15) is 4.79 Å². The Kier molecular flexibility index (Phi) is 4.54. The predicted octanol–water partition coefficient (Wildman–Crippen LogP) is 1.90. The molecule has 8 heteroatoms. The van der Waals surface area contributed by atoms with Gasteiger partial charge in [-0.15, -0.1) is 10.2 Å². The van der Waals surface area contributed by atoms with Crippen LogP contribution < -0.4 is 5.32 Å². The van der Waals surface area contributed by atoms with Crippen molar-refractivity contribution in [2.75, 3.05) is 18.9 Å². The fourth-order valence-electron chi connectivity index (χ4n) is 3.07. The van der Waals surface area contributed by atoms with Gasteiger partial charge in [-0.05, 0) is 18.9 Å². The van der Waals surface area contributed by atoms with Crippen LogP contribution in [0.2, 0.25) is 0 Å². The first-order valence-corrected chi connectivity index (χ1v) is 9.30. The maximum atomic E-state index is 12.0. The number of ether oxygens (including phenoxy) is 1. The van der Waals surface area contributed by atoms with Crippen LogP contribution in [0.5, 0.6) is 0 Å². The molecular weight excluding hydrogens is 338 g/mol. The van der Waals surface area contributed by atoms with Crippen molar-refractivity contribution in [3.63, 3.8) is 0 Å². The number of hydrogen-bond acceptors (Lipinski definition) is 6. The highest BCUT2D eigenvalue weighted by Gasteiger charge is 2.17. The number of rotatable bonds is 5. The van der Waals surface area contributed by atoms with Gasteiger partial charge in [-0.25, -0.2) is 4.98 Å². The molecule has 130 valence electrons. The number of fused-ring (bicyclic) bond motifs is 3. The van der Waals surface area contributed by atoms with Crippen molar-refractivity contribution in [3.05, 3.63) is 24.3 Å². The summed E-state index contributed by atoms with van der Waals surface area (Å²) in [4.78, 5) is 16.5. The Hall–Kier alpha value is -2.19. The molecule has 1 saturated heterocycles. The first-order chi connectivity index (χ1) is 12.2. The molecule has 1 aromatic carbocycles. The second kappa shape index (κ2) is 6.97. The van der Waals surface area contributed by atoms with Gasteiger partial charge in [0.25, 0.3) is 0 Å². The lowest BCUT2D eigenvalue weighted by Crippen LogP contribution is -2.32. The molecule has 2 aromatic heterocycles. The number of nitrogens with zero attached hydrogens (tertiary/aromatic N) is 4. The number of aromatic nitrogens is 4. The van der Waals surface area contributed by atoms with Gasteiger partial charge in [-0.3, -0.25) is 4.79 Å². The molecule has 1 aliphatic heterocycles. The largest absolute Gasteiger partial charge is 0.376 e. The third-order valence-electron chi connectivity index (χ3n) is 4.37. The summed E-state index contributed by atoms with van der Waals surface area (Å²) in [7, 11) is 1.96. The van der Waals surface area contributed by atoms with Crippen LogP contribution in [-0.4, -0.2) is 50.7 Å².